The van der Waals surface area contributed by atoms with E-state index in [4.69, 9.17) is 5.73 Å². The summed E-state index contributed by atoms with van der Waals surface area (Å²) in [4.78, 5) is 0. The van der Waals surface area contributed by atoms with E-state index in [0.717, 1.165) is 25.0 Å². The van der Waals surface area contributed by atoms with Crippen molar-refractivity contribution in [1.82, 2.24) is 0 Å². The number of halogens is 4. The number of benzene rings is 1. The van der Waals surface area contributed by atoms with Gasteiger partial charge in [0.2, 0.25) is 0 Å². The van der Waals surface area contributed by atoms with Crippen molar-refractivity contribution in [3.63, 3.8) is 0 Å². The lowest BCUT2D eigenvalue weighted by atomic mass is 9.97. The fourth-order valence-corrected chi connectivity index (χ4v) is 1.77. The number of alkyl halides is 3. The predicted octanol–water partition coefficient (Wildman–Crippen LogP) is 3.25. The summed E-state index contributed by atoms with van der Waals surface area (Å²) in [6.07, 6.45) is -2.87. The van der Waals surface area contributed by atoms with Crippen molar-refractivity contribution in [3.8, 4) is 0 Å². The fourth-order valence-electron chi connectivity index (χ4n) is 1.77. The van der Waals surface area contributed by atoms with Crippen LogP contribution < -0.4 is 5.73 Å². The standard InChI is InChI=1S/C11H11F4N/c12-7-3-4-8(10(16)6-1-2-6)9(5-7)11(13,14)15/h3-6,10H,1-2,16H2/t10-/m1/s1. The van der Waals surface area contributed by atoms with E-state index in [-0.39, 0.29) is 11.5 Å². The lowest BCUT2D eigenvalue weighted by Gasteiger charge is -2.17. The highest BCUT2D eigenvalue weighted by atomic mass is 19.4. The molecule has 2 N–H and O–H groups in total. The molecule has 0 aliphatic heterocycles. The lowest BCUT2D eigenvalue weighted by molar-refractivity contribution is -0.138. The Morgan fingerprint density at radius 3 is 2.38 bits per heavy atom. The maximum atomic E-state index is 12.8. The molecule has 0 aromatic heterocycles. The van der Waals surface area contributed by atoms with Gasteiger partial charge in [0.15, 0.2) is 0 Å². The molecule has 0 heterocycles. The van der Waals surface area contributed by atoms with Gasteiger partial charge in [-0.1, -0.05) is 6.07 Å². The zero-order valence-corrected chi connectivity index (χ0v) is 8.39. The Labute approximate surface area is 90.3 Å². The van der Waals surface area contributed by atoms with E-state index in [1.54, 1.807) is 0 Å². The van der Waals surface area contributed by atoms with Gasteiger partial charge >= 0.3 is 6.18 Å². The first kappa shape index (κ1) is 11.4. The molecule has 1 aromatic carbocycles. The highest BCUT2D eigenvalue weighted by Gasteiger charge is 2.38. The first-order chi connectivity index (χ1) is 7.39. The van der Waals surface area contributed by atoms with Crippen molar-refractivity contribution in [2.24, 2.45) is 11.7 Å². The van der Waals surface area contributed by atoms with E-state index < -0.39 is 23.6 Å². The molecule has 1 atom stereocenters. The Kier molecular flexibility index (Phi) is 2.66. The molecule has 1 aliphatic rings. The molecule has 2 rings (SSSR count). The van der Waals surface area contributed by atoms with E-state index >= 15 is 0 Å². The Bertz CT molecular complexity index is 395. The molecule has 1 aliphatic carbocycles. The van der Waals surface area contributed by atoms with Gasteiger partial charge in [-0.15, -0.1) is 0 Å². The Balaban J connectivity index is 2.43. The van der Waals surface area contributed by atoms with Crippen molar-refractivity contribution in [2.75, 3.05) is 0 Å². The summed E-state index contributed by atoms with van der Waals surface area (Å²) in [6.45, 7) is 0. The molecule has 0 saturated heterocycles. The summed E-state index contributed by atoms with van der Waals surface area (Å²) in [5, 5.41) is 0. The SMILES string of the molecule is N[C@@H](c1ccc(F)cc1C(F)(F)F)C1CC1. The van der Waals surface area contributed by atoms with Crippen LogP contribution in [0.2, 0.25) is 0 Å². The molecule has 0 amide bonds. The topological polar surface area (TPSA) is 26.0 Å². The minimum absolute atomic E-state index is 0.00333. The average Bonchev–Trinajstić information content (AvgIpc) is 2.98. The Morgan fingerprint density at radius 1 is 1.25 bits per heavy atom. The highest BCUT2D eigenvalue weighted by molar-refractivity contribution is 5.33. The normalized spacial score (nSPS) is 18.6. The van der Waals surface area contributed by atoms with Crippen molar-refractivity contribution >= 4 is 0 Å². The summed E-state index contributed by atoms with van der Waals surface area (Å²) < 4.78 is 50.8. The van der Waals surface area contributed by atoms with E-state index in [1.807, 2.05) is 0 Å². The lowest BCUT2D eigenvalue weighted by Crippen LogP contribution is -2.19. The van der Waals surface area contributed by atoms with Crippen molar-refractivity contribution in [3.05, 3.63) is 35.1 Å². The van der Waals surface area contributed by atoms with Crippen molar-refractivity contribution in [2.45, 2.75) is 25.1 Å². The van der Waals surface area contributed by atoms with Crippen LogP contribution in [0.15, 0.2) is 18.2 Å². The number of hydrogen-bond acceptors (Lipinski definition) is 1. The van der Waals surface area contributed by atoms with Gasteiger partial charge in [-0.3, -0.25) is 0 Å². The maximum absolute atomic E-state index is 12.8. The van der Waals surface area contributed by atoms with Crippen molar-refractivity contribution in [1.29, 1.82) is 0 Å². The minimum atomic E-state index is -4.55. The summed E-state index contributed by atoms with van der Waals surface area (Å²) >= 11 is 0. The molecule has 0 spiro atoms. The number of nitrogens with two attached hydrogens (primary N) is 1. The molecule has 16 heavy (non-hydrogen) atoms. The van der Waals surface area contributed by atoms with Crippen molar-refractivity contribution < 1.29 is 17.6 Å². The van der Waals surface area contributed by atoms with Gasteiger partial charge in [-0.05, 0) is 36.5 Å². The molecule has 1 nitrogen and oxygen atoms in total. The monoisotopic (exact) mass is 233 g/mol. The number of hydrogen-bond donors (Lipinski definition) is 1. The first-order valence-electron chi connectivity index (χ1n) is 5.02. The van der Waals surface area contributed by atoms with Crippen LogP contribution in [0.3, 0.4) is 0 Å². The van der Waals surface area contributed by atoms with Crippen LogP contribution in [-0.4, -0.2) is 0 Å². The summed E-state index contributed by atoms with van der Waals surface area (Å²) in [5.74, 6) is -0.786. The molecular weight excluding hydrogens is 222 g/mol. The van der Waals surface area contributed by atoms with E-state index in [9.17, 15) is 17.6 Å². The van der Waals surface area contributed by atoms with Crippen LogP contribution in [-0.2, 0) is 6.18 Å². The van der Waals surface area contributed by atoms with Gasteiger partial charge in [0.05, 0.1) is 5.56 Å². The van der Waals surface area contributed by atoms with Gasteiger partial charge in [0, 0.05) is 6.04 Å². The second-order valence-electron chi connectivity index (χ2n) is 4.09. The Hall–Kier alpha value is -1.10. The van der Waals surface area contributed by atoms with Crippen LogP contribution in [0, 0.1) is 11.7 Å². The van der Waals surface area contributed by atoms with E-state index in [2.05, 4.69) is 0 Å². The van der Waals surface area contributed by atoms with Gasteiger partial charge in [0.1, 0.15) is 5.82 Å². The quantitative estimate of drug-likeness (QED) is 0.779. The predicted molar refractivity (Wildman–Crippen MR) is 51.1 cm³/mol. The second-order valence-corrected chi connectivity index (χ2v) is 4.09. The summed E-state index contributed by atoms with van der Waals surface area (Å²) in [6, 6.07) is 2.03. The van der Waals surface area contributed by atoms with Crippen LogP contribution in [0.5, 0.6) is 0 Å². The smallest absolute Gasteiger partial charge is 0.324 e. The van der Waals surface area contributed by atoms with Crippen LogP contribution >= 0.6 is 0 Å². The summed E-state index contributed by atoms with van der Waals surface area (Å²) in [7, 11) is 0. The molecule has 1 aromatic rings. The molecule has 1 saturated carbocycles. The third-order valence-corrected chi connectivity index (χ3v) is 2.81. The highest BCUT2D eigenvalue weighted by Crippen LogP contribution is 2.43. The molecule has 88 valence electrons. The zero-order valence-electron chi connectivity index (χ0n) is 8.39. The van der Waals surface area contributed by atoms with E-state index in [1.165, 1.54) is 0 Å². The van der Waals surface area contributed by atoms with Crippen LogP contribution in [0.1, 0.15) is 30.0 Å². The molecule has 0 unspecified atom stereocenters. The maximum Gasteiger partial charge on any atom is 0.416 e. The molecule has 0 radical (unpaired) electrons. The zero-order chi connectivity index (χ0) is 11.9. The third kappa shape index (κ3) is 2.19. The van der Waals surface area contributed by atoms with Gasteiger partial charge in [-0.25, -0.2) is 4.39 Å². The summed E-state index contributed by atoms with van der Waals surface area (Å²) in [5.41, 5.74) is 4.77. The van der Waals surface area contributed by atoms with Gasteiger partial charge in [-0.2, -0.15) is 13.2 Å². The number of rotatable bonds is 2. The van der Waals surface area contributed by atoms with Gasteiger partial charge in [0.25, 0.3) is 0 Å². The first-order valence-corrected chi connectivity index (χ1v) is 5.02. The minimum Gasteiger partial charge on any atom is -0.324 e. The van der Waals surface area contributed by atoms with Crippen LogP contribution in [0.25, 0.3) is 0 Å². The molecule has 5 heteroatoms. The third-order valence-electron chi connectivity index (χ3n) is 2.81. The van der Waals surface area contributed by atoms with Crippen LogP contribution in [0.4, 0.5) is 17.6 Å². The Morgan fingerprint density at radius 2 is 1.88 bits per heavy atom. The second kappa shape index (κ2) is 3.73. The molecule has 0 bridgehead atoms. The largest absolute Gasteiger partial charge is 0.416 e. The average molecular weight is 233 g/mol. The fraction of sp³-hybridized carbons (Fsp3) is 0.455. The molecular formula is C11H11F4N. The van der Waals surface area contributed by atoms with E-state index in [0.29, 0.717) is 6.07 Å². The molecule has 1 fully saturated rings. The van der Waals surface area contributed by atoms with Gasteiger partial charge < -0.3 is 5.73 Å².